The summed E-state index contributed by atoms with van der Waals surface area (Å²) in [6, 6.07) is 6.91. The van der Waals surface area contributed by atoms with Crippen LogP contribution in [0.15, 0.2) is 24.3 Å². The summed E-state index contributed by atoms with van der Waals surface area (Å²) in [5.41, 5.74) is -0.0819. The summed E-state index contributed by atoms with van der Waals surface area (Å²) in [4.78, 5) is 13.1. The Balaban J connectivity index is 0.000000209. The SMILES string of the molecule is CC(C)(C)OC(=O)N1CCCC1.CC1(C)OB(c2ccc(O)cc2)OC1(C)C. The lowest BCUT2D eigenvalue weighted by atomic mass is 9.79. The Morgan fingerprint density at radius 3 is 1.93 bits per heavy atom. The number of phenolic OH excluding ortho intramolecular Hbond substituents is 1. The van der Waals surface area contributed by atoms with E-state index in [1.54, 1.807) is 17.0 Å². The third kappa shape index (κ3) is 5.88. The Morgan fingerprint density at radius 2 is 1.50 bits per heavy atom. The highest BCUT2D eigenvalue weighted by atomic mass is 16.7. The van der Waals surface area contributed by atoms with E-state index in [9.17, 15) is 9.90 Å². The number of amides is 1. The smallest absolute Gasteiger partial charge is 0.494 e. The van der Waals surface area contributed by atoms with Gasteiger partial charge in [0.25, 0.3) is 0 Å². The number of nitrogens with zero attached hydrogens (tertiary/aromatic N) is 1. The van der Waals surface area contributed by atoms with Gasteiger partial charge in [-0.15, -0.1) is 0 Å². The van der Waals surface area contributed by atoms with Crippen LogP contribution in [0.25, 0.3) is 0 Å². The first kappa shape index (κ1) is 22.6. The second-order valence-corrected chi connectivity index (χ2v) is 9.35. The highest BCUT2D eigenvalue weighted by Crippen LogP contribution is 2.36. The molecule has 1 amide bonds. The molecule has 7 heteroatoms. The van der Waals surface area contributed by atoms with Crippen molar-refractivity contribution in [2.24, 2.45) is 0 Å². The minimum absolute atomic E-state index is 0.167. The Morgan fingerprint density at radius 1 is 1.04 bits per heavy atom. The van der Waals surface area contributed by atoms with Crippen LogP contribution in [-0.2, 0) is 14.0 Å². The summed E-state index contributed by atoms with van der Waals surface area (Å²) < 4.78 is 17.0. The third-order valence-electron chi connectivity index (χ3n) is 5.18. The van der Waals surface area contributed by atoms with Crippen LogP contribution in [0, 0.1) is 0 Å². The van der Waals surface area contributed by atoms with Crippen molar-refractivity contribution in [2.45, 2.75) is 78.1 Å². The second-order valence-electron chi connectivity index (χ2n) is 9.35. The van der Waals surface area contributed by atoms with Crippen molar-refractivity contribution in [3.8, 4) is 5.75 Å². The highest BCUT2D eigenvalue weighted by molar-refractivity contribution is 6.62. The number of hydrogen-bond donors (Lipinski definition) is 1. The second kappa shape index (κ2) is 8.33. The zero-order valence-electron chi connectivity index (χ0n) is 18.2. The van der Waals surface area contributed by atoms with Gasteiger partial charge < -0.3 is 24.1 Å². The summed E-state index contributed by atoms with van der Waals surface area (Å²) in [6.45, 7) is 15.5. The van der Waals surface area contributed by atoms with E-state index in [4.69, 9.17) is 14.0 Å². The fourth-order valence-electron chi connectivity index (χ4n) is 2.84. The van der Waals surface area contributed by atoms with Gasteiger partial charge in [0.05, 0.1) is 11.2 Å². The first-order valence-corrected chi connectivity index (χ1v) is 9.93. The molecule has 2 aliphatic rings. The standard InChI is InChI=1S/C12H17BO3.C9H17NO2/c1-11(2)12(3,4)16-13(15-11)9-5-7-10(14)8-6-9;1-9(2,3)12-8(11)10-6-4-5-7-10/h5-8,14H,1-4H3;4-7H2,1-3H3. The summed E-state index contributed by atoms with van der Waals surface area (Å²) in [5.74, 6) is 0.250. The summed E-state index contributed by atoms with van der Waals surface area (Å²) in [6.07, 6.45) is 2.05. The van der Waals surface area contributed by atoms with Gasteiger partial charge in [-0.25, -0.2) is 4.79 Å². The number of aromatic hydroxyl groups is 1. The van der Waals surface area contributed by atoms with Crippen molar-refractivity contribution in [1.29, 1.82) is 0 Å². The van der Waals surface area contributed by atoms with Crippen LogP contribution in [0.5, 0.6) is 5.75 Å². The maximum atomic E-state index is 11.4. The minimum atomic E-state index is -0.361. The van der Waals surface area contributed by atoms with E-state index in [1.165, 1.54) is 0 Å². The molecule has 3 rings (SSSR count). The van der Waals surface area contributed by atoms with Crippen LogP contribution in [0.1, 0.15) is 61.3 Å². The molecule has 0 spiro atoms. The van der Waals surface area contributed by atoms with Gasteiger partial charge in [0, 0.05) is 13.1 Å². The van der Waals surface area contributed by atoms with Crippen molar-refractivity contribution >= 4 is 18.7 Å². The lowest BCUT2D eigenvalue weighted by Crippen LogP contribution is -2.41. The van der Waals surface area contributed by atoms with Crippen molar-refractivity contribution in [1.82, 2.24) is 4.90 Å². The molecule has 0 aromatic heterocycles. The predicted octanol–water partition coefficient (Wildman–Crippen LogP) is 3.71. The molecule has 0 bridgehead atoms. The molecule has 0 saturated carbocycles. The van der Waals surface area contributed by atoms with Gasteiger partial charge in [0.1, 0.15) is 11.4 Å². The number of likely N-dealkylation sites (tertiary alicyclic amines) is 1. The predicted molar refractivity (Wildman–Crippen MR) is 111 cm³/mol. The maximum absolute atomic E-state index is 11.4. The van der Waals surface area contributed by atoms with Crippen LogP contribution in [0.3, 0.4) is 0 Å². The van der Waals surface area contributed by atoms with E-state index in [1.807, 2.05) is 60.6 Å². The zero-order chi connectivity index (χ0) is 21.2. The van der Waals surface area contributed by atoms with Crippen LogP contribution < -0.4 is 5.46 Å². The lowest BCUT2D eigenvalue weighted by molar-refractivity contribution is 0.00578. The third-order valence-corrected chi connectivity index (χ3v) is 5.18. The van der Waals surface area contributed by atoms with E-state index in [-0.39, 0.29) is 35.8 Å². The highest BCUT2D eigenvalue weighted by Gasteiger charge is 2.51. The number of hydrogen-bond acceptors (Lipinski definition) is 5. The first-order chi connectivity index (χ1) is 12.8. The average Bonchev–Trinajstić information content (AvgIpc) is 3.14. The molecule has 0 unspecified atom stereocenters. The number of phenols is 1. The van der Waals surface area contributed by atoms with Crippen LogP contribution in [0.4, 0.5) is 4.79 Å². The first-order valence-electron chi connectivity index (χ1n) is 9.93. The lowest BCUT2D eigenvalue weighted by Gasteiger charge is -2.32. The van der Waals surface area contributed by atoms with Gasteiger partial charge in [0.15, 0.2) is 0 Å². The van der Waals surface area contributed by atoms with E-state index in [0.29, 0.717) is 0 Å². The Hall–Kier alpha value is -1.73. The number of carbonyl (C=O) groups is 1. The van der Waals surface area contributed by atoms with Gasteiger partial charge in [-0.2, -0.15) is 0 Å². The number of benzene rings is 1. The zero-order valence-corrected chi connectivity index (χ0v) is 18.2. The van der Waals surface area contributed by atoms with E-state index in [0.717, 1.165) is 31.4 Å². The topological polar surface area (TPSA) is 68.2 Å². The normalized spacial score (nSPS) is 20.5. The summed E-state index contributed by atoms with van der Waals surface area (Å²) in [5, 5.41) is 9.22. The van der Waals surface area contributed by atoms with Gasteiger partial charge >= 0.3 is 13.2 Å². The van der Waals surface area contributed by atoms with Gasteiger partial charge in [-0.05, 0) is 78.9 Å². The van der Waals surface area contributed by atoms with Gasteiger partial charge in [-0.1, -0.05) is 12.1 Å². The quantitative estimate of drug-likeness (QED) is 0.740. The minimum Gasteiger partial charge on any atom is -0.508 e. The van der Waals surface area contributed by atoms with E-state index < -0.39 is 0 Å². The Bertz CT molecular complexity index is 644. The Kier molecular flexibility index (Phi) is 6.72. The van der Waals surface area contributed by atoms with Crippen molar-refractivity contribution in [3.05, 3.63) is 24.3 Å². The summed E-state index contributed by atoms with van der Waals surface area (Å²) in [7, 11) is -0.356. The molecule has 2 heterocycles. The van der Waals surface area contributed by atoms with Crippen molar-refractivity contribution in [2.75, 3.05) is 13.1 Å². The number of rotatable bonds is 1. The molecule has 1 aromatic carbocycles. The van der Waals surface area contributed by atoms with E-state index >= 15 is 0 Å². The molecule has 156 valence electrons. The molecule has 1 N–H and O–H groups in total. The molecule has 0 radical (unpaired) electrons. The largest absolute Gasteiger partial charge is 0.508 e. The molecule has 6 nitrogen and oxygen atoms in total. The molecular formula is C21H34BNO5. The fraction of sp³-hybridized carbons (Fsp3) is 0.667. The molecule has 1 aromatic rings. The summed E-state index contributed by atoms with van der Waals surface area (Å²) >= 11 is 0. The van der Waals surface area contributed by atoms with Gasteiger partial charge in [-0.3, -0.25) is 0 Å². The monoisotopic (exact) mass is 391 g/mol. The van der Waals surface area contributed by atoms with Crippen LogP contribution in [-0.4, -0.2) is 53.1 Å². The number of ether oxygens (including phenoxy) is 1. The molecule has 2 fully saturated rings. The molecule has 28 heavy (non-hydrogen) atoms. The van der Waals surface area contributed by atoms with Crippen LogP contribution in [0.2, 0.25) is 0 Å². The number of carbonyl (C=O) groups excluding carboxylic acids is 1. The van der Waals surface area contributed by atoms with Crippen molar-refractivity contribution < 1.29 is 23.9 Å². The average molecular weight is 391 g/mol. The van der Waals surface area contributed by atoms with Crippen molar-refractivity contribution in [3.63, 3.8) is 0 Å². The molecule has 0 aliphatic carbocycles. The van der Waals surface area contributed by atoms with E-state index in [2.05, 4.69) is 0 Å². The molecule has 2 saturated heterocycles. The fourth-order valence-corrected chi connectivity index (χ4v) is 2.84. The van der Waals surface area contributed by atoms with Gasteiger partial charge in [0.2, 0.25) is 0 Å². The maximum Gasteiger partial charge on any atom is 0.494 e. The molecular weight excluding hydrogens is 357 g/mol. The molecule has 0 atom stereocenters. The molecule has 2 aliphatic heterocycles. The Labute approximate surface area is 169 Å². The van der Waals surface area contributed by atoms with Crippen LogP contribution >= 0.6 is 0 Å².